The molecule has 0 bridgehead atoms. The fourth-order valence-corrected chi connectivity index (χ4v) is 8.64. The van der Waals surface area contributed by atoms with Crippen molar-refractivity contribution in [2.75, 3.05) is 0 Å². The highest BCUT2D eigenvalue weighted by Crippen LogP contribution is 2.46. The maximum absolute atomic E-state index is 5.35. The van der Waals surface area contributed by atoms with E-state index in [0.717, 1.165) is 45.0 Å². The Bertz CT molecular complexity index is 2780. The first kappa shape index (κ1) is 27.9. The monoisotopic (exact) mass is 640 g/mol. The van der Waals surface area contributed by atoms with Crippen LogP contribution in [-0.2, 0) is 0 Å². The maximum atomic E-state index is 5.35. The molecule has 0 amide bonds. The molecular formula is C46H28N2S. The van der Waals surface area contributed by atoms with E-state index in [4.69, 9.17) is 9.97 Å². The van der Waals surface area contributed by atoms with E-state index < -0.39 is 0 Å². The number of aromatic nitrogens is 2. The molecule has 0 saturated carbocycles. The van der Waals surface area contributed by atoms with Gasteiger partial charge in [0.2, 0.25) is 0 Å². The van der Waals surface area contributed by atoms with Crippen LogP contribution in [0.3, 0.4) is 0 Å². The van der Waals surface area contributed by atoms with Gasteiger partial charge >= 0.3 is 0 Å². The molecule has 0 spiro atoms. The molecule has 0 aliphatic heterocycles. The quantitative estimate of drug-likeness (QED) is 0.179. The Hall–Kier alpha value is -6.16. The van der Waals surface area contributed by atoms with Crippen LogP contribution in [0.15, 0.2) is 170 Å². The lowest BCUT2D eigenvalue weighted by Crippen LogP contribution is -1.98. The third kappa shape index (κ3) is 4.55. The lowest BCUT2D eigenvalue weighted by molar-refractivity contribution is 1.19. The molecule has 10 rings (SSSR count). The average Bonchev–Trinajstić information content (AvgIpc) is 3.57. The highest BCUT2D eigenvalue weighted by Gasteiger charge is 2.21. The highest BCUT2D eigenvalue weighted by atomic mass is 32.1. The summed E-state index contributed by atoms with van der Waals surface area (Å²) >= 11 is 1.82. The van der Waals surface area contributed by atoms with Crippen LogP contribution in [0.2, 0.25) is 0 Å². The van der Waals surface area contributed by atoms with Crippen molar-refractivity contribution >= 4 is 63.8 Å². The molecule has 3 heteroatoms. The number of benzene rings is 8. The van der Waals surface area contributed by atoms with Gasteiger partial charge in [-0.1, -0.05) is 152 Å². The van der Waals surface area contributed by atoms with Crippen LogP contribution in [0.4, 0.5) is 0 Å². The van der Waals surface area contributed by atoms with E-state index in [9.17, 15) is 0 Å². The fourth-order valence-electron chi connectivity index (χ4n) is 7.40. The molecule has 49 heavy (non-hydrogen) atoms. The van der Waals surface area contributed by atoms with Crippen molar-refractivity contribution in [3.05, 3.63) is 170 Å². The van der Waals surface area contributed by atoms with Crippen molar-refractivity contribution < 1.29 is 0 Å². The van der Waals surface area contributed by atoms with E-state index in [1.165, 1.54) is 52.5 Å². The summed E-state index contributed by atoms with van der Waals surface area (Å²) < 4.78 is 2.46. The van der Waals surface area contributed by atoms with Gasteiger partial charge in [0.1, 0.15) is 0 Å². The molecular weight excluding hydrogens is 613 g/mol. The zero-order valence-electron chi connectivity index (χ0n) is 26.5. The van der Waals surface area contributed by atoms with Crippen LogP contribution in [0.25, 0.3) is 97.5 Å². The van der Waals surface area contributed by atoms with Crippen LogP contribution in [0.5, 0.6) is 0 Å². The number of hydrogen-bond donors (Lipinski definition) is 0. The minimum Gasteiger partial charge on any atom is -0.228 e. The third-order valence-electron chi connectivity index (χ3n) is 9.69. The summed E-state index contributed by atoms with van der Waals surface area (Å²) in [6.07, 6.45) is 0. The van der Waals surface area contributed by atoms with Gasteiger partial charge in [0, 0.05) is 36.9 Å². The second-order valence-electron chi connectivity index (χ2n) is 12.5. The largest absolute Gasteiger partial charge is 0.228 e. The van der Waals surface area contributed by atoms with Gasteiger partial charge in [-0.3, -0.25) is 0 Å². The molecule has 0 saturated heterocycles. The summed E-state index contributed by atoms with van der Waals surface area (Å²) in [5.41, 5.74) is 7.29. The molecule has 0 atom stereocenters. The van der Waals surface area contributed by atoms with Gasteiger partial charge in [0.05, 0.1) is 11.4 Å². The predicted molar refractivity (Wildman–Crippen MR) is 209 cm³/mol. The van der Waals surface area contributed by atoms with Crippen molar-refractivity contribution in [3.8, 4) is 45.0 Å². The molecule has 0 unspecified atom stereocenters. The summed E-state index contributed by atoms with van der Waals surface area (Å²) in [7, 11) is 0. The van der Waals surface area contributed by atoms with Crippen LogP contribution in [0, 0.1) is 0 Å². The molecule has 2 heterocycles. The lowest BCUT2D eigenvalue weighted by atomic mass is 9.90. The molecule has 2 nitrogen and oxygen atoms in total. The summed E-state index contributed by atoms with van der Waals surface area (Å²) in [4.78, 5) is 10.7. The fraction of sp³-hybridized carbons (Fsp3) is 0. The van der Waals surface area contributed by atoms with Crippen molar-refractivity contribution in [2.45, 2.75) is 0 Å². The normalized spacial score (nSPS) is 11.7. The number of nitrogens with zero attached hydrogens (tertiary/aromatic N) is 2. The van der Waals surface area contributed by atoms with E-state index in [2.05, 4.69) is 158 Å². The lowest BCUT2D eigenvalue weighted by Gasteiger charge is -2.16. The smallest absolute Gasteiger partial charge is 0.162 e. The summed E-state index contributed by atoms with van der Waals surface area (Å²) in [6.45, 7) is 0. The molecule has 2 aromatic heterocycles. The summed E-state index contributed by atoms with van der Waals surface area (Å²) in [5, 5.41) is 10.1. The Labute approximate surface area is 287 Å². The van der Waals surface area contributed by atoms with Gasteiger partial charge < -0.3 is 0 Å². The minimum atomic E-state index is 0.732. The number of fused-ring (bicyclic) bond motifs is 9. The Balaban J connectivity index is 1.31. The maximum Gasteiger partial charge on any atom is 0.162 e. The Morgan fingerprint density at radius 1 is 0.347 bits per heavy atom. The SMILES string of the molecule is c1ccc(-c2cc(-c3ccccc3)nc(-c3c(-c4ccc5c6ccccc6c6ccccc6c5c4)ccc4c3sc3ccccc34)n2)cc1. The van der Waals surface area contributed by atoms with Gasteiger partial charge in [-0.05, 0) is 61.6 Å². The van der Waals surface area contributed by atoms with Crippen LogP contribution < -0.4 is 0 Å². The summed E-state index contributed by atoms with van der Waals surface area (Å²) in [5.74, 6) is 0.732. The summed E-state index contributed by atoms with van der Waals surface area (Å²) in [6, 6.07) is 60.7. The van der Waals surface area contributed by atoms with Gasteiger partial charge in [-0.15, -0.1) is 11.3 Å². The first-order valence-electron chi connectivity index (χ1n) is 16.6. The zero-order chi connectivity index (χ0) is 32.3. The molecule has 0 aliphatic rings. The second-order valence-corrected chi connectivity index (χ2v) is 13.6. The molecule has 0 N–H and O–H groups in total. The molecule has 0 fully saturated rings. The Morgan fingerprint density at radius 3 is 1.45 bits per heavy atom. The van der Waals surface area contributed by atoms with Crippen molar-refractivity contribution in [1.29, 1.82) is 0 Å². The van der Waals surface area contributed by atoms with Crippen LogP contribution >= 0.6 is 11.3 Å². The first-order chi connectivity index (χ1) is 24.3. The molecule has 228 valence electrons. The number of thiophene rings is 1. The molecule has 8 aromatic carbocycles. The Kier molecular flexibility index (Phi) is 6.39. The van der Waals surface area contributed by atoms with Crippen molar-refractivity contribution in [2.24, 2.45) is 0 Å². The van der Waals surface area contributed by atoms with Gasteiger partial charge in [0.25, 0.3) is 0 Å². The predicted octanol–water partition coefficient (Wildman–Crippen LogP) is 13.0. The average molecular weight is 641 g/mol. The third-order valence-corrected chi connectivity index (χ3v) is 10.9. The standard InChI is InChI=1S/C46H28N2S/c1-3-13-29(14-4-1)41-28-42(30-15-5-2-6-16-30)48-46(47-41)44-32(25-26-39-38-21-11-12-22-43(38)49-45(39)44)31-23-24-37-35-19-8-7-17-33(35)34-18-9-10-20-36(34)40(37)27-31/h1-28H. The first-order valence-corrected chi connectivity index (χ1v) is 17.4. The Morgan fingerprint density at radius 2 is 0.837 bits per heavy atom. The van der Waals surface area contributed by atoms with E-state index >= 15 is 0 Å². The number of rotatable bonds is 4. The van der Waals surface area contributed by atoms with E-state index in [1.807, 2.05) is 23.5 Å². The van der Waals surface area contributed by atoms with Crippen LogP contribution in [0.1, 0.15) is 0 Å². The van der Waals surface area contributed by atoms with E-state index in [0.29, 0.717) is 0 Å². The highest BCUT2D eigenvalue weighted by molar-refractivity contribution is 7.26. The second kappa shape index (κ2) is 11.2. The molecule has 0 aliphatic carbocycles. The van der Waals surface area contributed by atoms with Crippen molar-refractivity contribution in [3.63, 3.8) is 0 Å². The zero-order valence-corrected chi connectivity index (χ0v) is 27.3. The van der Waals surface area contributed by atoms with Gasteiger partial charge in [0.15, 0.2) is 5.82 Å². The van der Waals surface area contributed by atoms with Crippen molar-refractivity contribution in [1.82, 2.24) is 9.97 Å². The van der Waals surface area contributed by atoms with E-state index in [1.54, 1.807) is 0 Å². The number of hydrogen-bond acceptors (Lipinski definition) is 3. The van der Waals surface area contributed by atoms with Gasteiger partial charge in [-0.2, -0.15) is 0 Å². The van der Waals surface area contributed by atoms with Gasteiger partial charge in [-0.25, -0.2) is 9.97 Å². The van der Waals surface area contributed by atoms with E-state index in [-0.39, 0.29) is 0 Å². The topological polar surface area (TPSA) is 25.8 Å². The minimum absolute atomic E-state index is 0.732. The molecule has 0 radical (unpaired) electrons. The van der Waals surface area contributed by atoms with Crippen LogP contribution in [-0.4, -0.2) is 9.97 Å². The molecule has 10 aromatic rings.